The summed E-state index contributed by atoms with van der Waals surface area (Å²) < 4.78 is 6.49. The van der Waals surface area contributed by atoms with Crippen LogP contribution in [0.15, 0.2) is 28.6 Å². The Kier molecular flexibility index (Phi) is 6.41. The molecular weight excluding hydrogens is 330 g/mol. The highest BCUT2D eigenvalue weighted by Gasteiger charge is 2.17. The van der Waals surface area contributed by atoms with Crippen LogP contribution in [0.3, 0.4) is 0 Å². The van der Waals surface area contributed by atoms with Gasteiger partial charge in [-0.1, -0.05) is 54.6 Å². The monoisotopic (exact) mass is 351 g/mol. The highest BCUT2D eigenvalue weighted by Crippen LogP contribution is 2.27. The third-order valence-electron chi connectivity index (χ3n) is 2.88. The Hall–Kier alpha value is -1.60. The van der Waals surface area contributed by atoms with Crippen molar-refractivity contribution in [2.24, 2.45) is 5.92 Å². The number of rotatable bonds is 7. The highest BCUT2D eigenvalue weighted by atomic mass is 32.2. The van der Waals surface area contributed by atoms with Crippen LogP contribution in [0.25, 0.3) is 0 Å². The zero-order valence-electron chi connectivity index (χ0n) is 13.7. The van der Waals surface area contributed by atoms with Crippen LogP contribution in [0.1, 0.15) is 26.3 Å². The lowest BCUT2D eigenvalue weighted by Gasteiger charge is -2.13. The molecule has 124 valence electrons. The SMILES string of the molecule is Cc1ccc(O[C@@H](C)C(=O)Nc2nnc(SCC(C)C)s2)cc1. The molecule has 1 heterocycles. The lowest BCUT2D eigenvalue weighted by atomic mass is 10.2. The minimum absolute atomic E-state index is 0.234. The van der Waals surface area contributed by atoms with Crippen molar-refractivity contribution in [2.75, 3.05) is 11.1 Å². The van der Waals surface area contributed by atoms with Gasteiger partial charge in [0.1, 0.15) is 5.75 Å². The molecule has 1 atom stereocenters. The topological polar surface area (TPSA) is 64.1 Å². The zero-order chi connectivity index (χ0) is 16.8. The van der Waals surface area contributed by atoms with E-state index in [1.807, 2.05) is 31.2 Å². The molecular formula is C16H21N3O2S2. The number of benzene rings is 1. The van der Waals surface area contributed by atoms with E-state index in [9.17, 15) is 4.79 Å². The second kappa shape index (κ2) is 8.31. The van der Waals surface area contributed by atoms with Gasteiger partial charge >= 0.3 is 0 Å². The van der Waals surface area contributed by atoms with Gasteiger partial charge in [0, 0.05) is 5.75 Å². The minimum atomic E-state index is -0.603. The van der Waals surface area contributed by atoms with E-state index in [0.29, 0.717) is 16.8 Å². The fourth-order valence-corrected chi connectivity index (χ4v) is 3.37. The normalized spacial score (nSPS) is 12.2. The van der Waals surface area contributed by atoms with E-state index < -0.39 is 6.10 Å². The lowest BCUT2D eigenvalue weighted by Crippen LogP contribution is -2.30. The molecule has 0 aliphatic heterocycles. The van der Waals surface area contributed by atoms with Crippen LogP contribution in [0.2, 0.25) is 0 Å². The smallest absolute Gasteiger partial charge is 0.266 e. The molecule has 0 radical (unpaired) electrons. The first-order valence-electron chi connectivity index (χ1n) is 7.44. The second-order valence-corrected chi connectivity index (χ2v) is 7.89. The van der Waals surface area contributed by atoms with E-state index in [0.717, 1.165) is 15.7 Å². The summed E-state index contributed by atoms with van der Waals surface area (Å²) in [4.78, 5) is 12.2. The molecule has 0 fully saturated rings. The van der Waals surface area contributed by atoms with E-state index in [-0.39, 0.29) is 5.91 Å². The van der Waals surface area contributed by atoms with Crippen LogP contribution in [0.5, 0.6) is 5.75 Å². The molecule has 0 aliphatic rings. The zero-order valence-corrected chi connectivity index (χ0v) is 15.3. The Balaban J connectivity index is 1.86. The Labute approximate surface area is 144 Å². The summed E-state index contributed by atoms with van der Waals surface area (Å²) in [6.07, 6.45) is -0.603. The minimum Gasteiger partial charge on any atom is -0.481 e. The maximum absolute atomic E-state index is 12.2. The molecule has 1 N–H and O–H groups in total. The molecule has 1 amide bonds. The highest BCUT2D eigenvalue weighted by molar-refractivity contribution is 8.01. The van der Waals surface area contributed by atoms with E-state index in [2.05, 4.69) is 29.4 Å². The number of thioether (sulfide) groups is 1. The summed E-state index contributed by atoms with van der Waals surface area (Å²) >= 11 is 3.03. The fourth-order valence-electron chi connectivity index (χ4n) is 1.64. The van der Waals surface area contributed by atoms with Gasteiger partial charge in [-0.2, -0.15) is 0 Å². The van der Waals surface area contributed by atoms with Gasteiger partial charge in [-0.25, -0.2) is 0 Å². The first-order chi connectivity index (χ1) is 10.9. The first-order valence-corrected chi connectivity index (χ1v) is 9.24. The molecule has 5 nitrogen and oxygen atoms in total. The molecule has 2 rings (SSSR count). The summed E-state index contributed by atoms with van der Waals surface area (Å²) in [5.41, 5.74) is 1.15. The summed E-state index contributed by atoms with van der Waals surface area (Å²) in [5, 5.41) is 11.3. The van der Waals surface area contributed by atoms with Crippen molar-refractivity contribution in [3.05, 3.63) is 29.8 Å². The molecule has 1 aromatic heterocycles. The molecule has 2 aromatic rings. The summed E-state index contributed by atoms with van der Waals surface area (Å²) in [5.74, 6) is 2.01. The van der Waals surface area contributed by atoms with Gasteiger partial charge in [-0.3, -0.25) is 10.1 Å². The van der Waals surface area contributed by atoms with E-state index in [1.165, 1.54) is 11.3 Å². The molecule has 1 aromatic carbocycles. The number of anilines is 1. The molecule has 7 heteroatoms. The van der Waals surface area contributed by atoms with E-state index in [1.54, 1.807) is 18.7 Å². The second-order valence-electron chi connectivity index (χ2n) is 5.64. The van der Waals surface area contributed by atoms with Crippen molar-refractivity contribution in [3.63, 3.8) is 0 Å². The summed E-state index contributed by atoms with van der Waals surface area (Å²) in [7, 11) is 0. The molecule has 23 heavy (non-hydrogen) atoms. The maximum atomic E-state index is 12.2. The van der Waals surface area contributed by atoms with E-state index in [4.69, 9.17) is 4.74 Å². The first kappa shape index (κ1) is 17.7. The number of aromatic nitrogens is 2. The van der Waals surface area contributed by atoms with Crippen molar-refractivity contribution < 1.29 is 9.53 Å². The van der Waals surface area contributed by atoms with Gasteiger partial charge in [0.25, 0.3) is 5.91 Å². The Morgan fingerprint density at radius 3 is 2.61 bits per heavy atom. The largest absolute Gasteiger partial charge is 0.481 e. The van der Waals surface area contributed by atoms with Crippen molar-refractivity contribution in [2.45, 2.75) is 38.1 Å². The van der Waals surface area contributed by atoms with Crippen molar-refractivity contribution in [3.8, 4) is 5.75 Å². The number of hydrogen-bond donors (Lipinski definition) is 1. The van der Waals surface area contributed by atoms with Crippen molar-refractivity contribution in [1.29, 1.82) is 0 Å². The number of nitrogens with zero attached hydrogens (tertiary/aromatic N) is 2. The Morgan fingerprint density at radius 1 is 1.26 bits per heavy atom. The molecule has 0 aliphatic carbocycles. The predicted octanol–water partition coefficient (Wildman–Crippen LogP) is 4.00. The van der Waals surface area contributed by atoms with Crippen LogP contribution in [-0.4, -0.2) is 28.0 Å². The standard InChI is InChI=1S/C16H21N3O2S2/c1-10(2)9-22-16-19-18-15(23-16)17-14(20)12(4)21-13-7-5-11(3)6-8-13/h5-8,10,12H,9H2,1-4H3,(H,17,18,20)/t12-/m0/s1. The van der Waals surface area contributed by atoms with Gasteiger partial charge < -0.3 is 4.74 Å². The molecule has 0 spiro atoms. The van der Waals surface area contributed by atoms with Crippen LogP contribution >= 0.6 is 23.1 Å². The van der Waals surface area contributed by atoms with Gasteiger partial charge in [0.15, 0.2) is 10.4 Å². The van der Waals surface area contributed by atoms with Gasteiger partial charge in [-0.05, 0) is 31.9 Å². The van der Waals surface area contributed by atoms with Gasteiger partial charge in [0.05, 0.1) is 0 Å². The lowest BCUT2D eigenvalue weighted by molar-refractivity contribution is -0.122. The maximum Gasteiger partial charge on any atom is 0.266 e. The van der Waals surface area contributed by atoms with E-state index >= 15 is 0 Å². The van der Waals surface area contributed by atoms with Gasteiger partial charge in [-0.15, -0.1) is 10.2 Å². The number of nitrogens with one attached hydrogen (secondary N) is 1. The van der Waals surface area contributed by atoms with Crippen LogP contribution in [-0.2, 0) is 4.79 Å². The van der Waals surface area contributed by atoms with Crippen LogP contribution in [0, 0.1) is 12.8 Å². The summed E-state index contributed by atoms with van der Waals surface area (Å²) in [6.45, 7) is 8.02. The quantitative estimate of drug-likeness (QED) is 0.603. The van der Waals surface area contributed by atoms with Crippen LogP contribution < -0.4 is 10.1 Å². The Bertz CT molecular complexity index is 641. The number of aryl methyl sites for hydroxylation is 1. The predicted molar refractivity (Wildman–Crippen MR) is 95.4 cm³/mol. The average molecular weight is 351 g/mol. The Morgan fingerprint density at radius 2 is 1.96 bits per heavy atom. The van der Waals surface area contributed by atoms with Gasteiger partial charge in [0.2, 0.25) is 5.13 Å². The summed E-state index contributed by atoms with van der Waals surface area (Å²) in [6, 6.07) is 7.60. The number of carbonyl (C=O) groups is 1. The van der Waals surface area contributed by atoms with Crippen LogP contribution in [0.4, 0.5) is 5.13 Å². The fraction of sp³-hybridized carbons (Fsp3) is 0.438. The third-order valence-corrected chi connectivity index (χ3v) is 5.28. The number of amides is 1. The van der Waals surface area contributed by atoms with Crippen molar-refractivity contribution >= 4 is 34.1 Å². The molecule has 0 unspecified atom stereocenters. The number of hydrogen-bond acceptors (Lipinski definition) is 6. The van der Waals surface area contributed by atoms with Crippen molar-refractivity contribution in [1.82, 2.24) is 10.2 Å². The molecule has 0 bridgehead atoms. The third kappa shape index (κ3) is 5.84. The number of ether oxygens (including phenoxy) is 1. The number of carbonyl (C=O) groups excluding carboxylic acids is 1. The molecule has 0 saturated carbocycles. The average Bonchev–Trinajstić information content (AvgIpc) is 2.95. The molecule has 0 saturated heterocycles.